The lowest BCUT2D eigenvalue weighted by Crippen LogP contribution is -2.53. The Kier molecular flexibility index (Phi) is 10.5. The largest absolute Gasteiger partial charge is 0.497 e. The Balaban J connectivity index is 0.00000320. The van der Waals surface area contributed by atoms with Gasteiger partial charge in [-0.3, -0.25) is 4.99 Å². The van der Waals surface area contributed by atoms with E-state index in [0.29, 0.717) is 5.92 Å². The Bertz CT molecular complexity index is 640. The molecule has 0 radical (unpaired) electrons. The second-order valence-corrected chi connectivity index (χ2v) is 8.31. The van der Waals surface area contributed by atoms with Crippen LogP contribution >= 0.6 is 24.0 Å². The van der Waals surface area contributed by atoms with Crippen LogP contribution in [0.1, 0.15) is 6.92 Å². The highest BCUT2D eigenvalue weighted by molar-refractivity contribution is 14.0. The summed E-state index contributed by atoms with van der Waals surface area (Å²) in [5, 5.41) is 3.61. The molecule has 1 N–H and O–H groups in total. The molecule has 1 aromatic carbocycles. The van der Waals surface area contributed by atoms with Crippen molar-refractivity contribution in [3.05, 3.63) is 24.3 Å². The van der Waals surface area contributed by atoms with Crippen LogP contribution in [0.3, 0.4) is 0 Å². The standard InChI is InChI=1S/C22H38N6O.HI/c1-19(18-26-11-9-25(3)10-12-26)17-24-22(23-2)28-15-13-27(14-16-28)20-5-7-21(29-4)8-6-20;/h5-8,19H,9-18H2,1-4H3,(H,23,24);1H. The first kappa shape index (κ1) is 25.0. The fourth-order valence-electron chi connectivity index (χ4n) is 4.10. The van der Waals surface area contributed by atoms with Gasteiger partial charge >= 0.3 is 0 Å². The summed E-state index contributed by atoms with van der Waals surface area (Å²) in [5.74, 6) is 2.54. The van der Waals surface area contributed by atoms with Gasteiger partial charge in [0, 0.05) is 78.2 Å². The molecule has 1 aromatic rings. The molecular formula is C22H39IN6O. The summed E-state index contributed by atoms with van der Waals surface area (Å²) in [6, 6.07) is 8.34. The lowest BCUT2D eigenvalue weighted by molar-refractivity contribution is 0.139. The van der Waals surface area contributed by atoms with E-state index in [-0.39, 0.29) is 24.0 Å². The Hall–Kier alpha value is -1.26. The highest BCUT2D eigenvalue weighted by Gasteiger charge is 2.21. The highest BCUT2D eigenvalue weighted by atomic mass is 127. The third-order valence-electron chi connectivity index (χ3n) is 6.00. The number of halogens is 1. The molecule has 0 bridgehead atoms. The van der Waals surface area contributed by atoms with Crippen LogP contribution in [0.4, 0.5) is 5.69 Å². The van der Waals surface area contributed by atoms with Crippen LogP contribution in [0, 0.1) is 5.92 Å². The number of nitrogens with zero attached hydrogens (tertiary/aromatic N) is 5. The third-order valence-corrected chi connectivity index (χ3v) is 6.00. The van der Waals surface area contributed by atoms with E-state index in [0.717, 1.165) is 51.0 Å². The van der Waals surface area contributed by atoms with Crippen LogP contribution in [-0.4, -0.2) is 107 Å². The molecule has 170 valence electrons. The average Bonchev–Trinajstić information content (AvgIpc) is 2.76. The maximum Gasteiger partial charge on any atom is 0.193 e. The zero-order valence-electron chi connectivity index (χ0n) is 19.0. The molecule has 0 amide bonds. The number of anilines is 1. The molecule has 0 aliphatic carbocycles. The predicted molar refractivity (Wildman–Crippen MR) is 137 cm³/mol. The number of likely N-dealkylation sites (N-methyl/N-ethyl adjacent to an activating group) is 1. The minimum Gasteiger partial charge on any atom is -0.497 e. The topological polar surface area (TPSA) is 46.6 Å². The Morgan fingerprint density at radius 1 is 1.03 bits per heavy atom. The van der Waals surface area contributed by atoms with Crippen molar-refractivity contribution in [1.82, 2.24) is 20.0 Å². The number of methoxy groups -OCH3 is 1. The highest BCUT2D eigenvalue weighted by Crippen LogP contribution is 2.20. The normalized spacial score (nSPS) is 19.9. The molecule has 2 aliphatic heterocycles. The van der Waals surface area contributed by atoms with E-state index in [4.69, 9.17) is 4.74 Å². The summed E-state index contributed by atoms with van der Waals surface area (Å²) in [6.45, 7) is 13.2. The maximum atomic E-state index is 5.26. The van der Waals surface area contributed by atoms with E-state index in [1.54, 1.807) is 7.11 Å². The fraction of sp³-hybridized carbons (Fsp3) is 0.682. The Morgan fingerprint density at radius 2 is 1.67 bits per heavy atom. The quantitative estimate of drug-likeness (QED) is 0.345. The molecule has 8 heteroatoms. The van der Waals surface area contributed by atoms with Crippen molar-refractivity contribution >= 4 is 35.6 Å². The lowest BCUT2D eigenvalue weighted by Gasteiger charge is -2.38. The molecule has 0 spiro atoms. The molecule has 2 fully saturated rings. The first-order valence-electron chi connectivity index (χ1n) is 10.8. The second kappa shape index (κ2) is 12.6. The van der Waals surface area contributed by atoms with Crippen molar-refractivity contribution in [2.24, 2.45) is 10.9 Å². The monoisotopic (exact) mass is 530 g/mol. The molecule has 0 saturated carbocycles. The van der Waals surface area contributed by atoms with E-state index >= 15 is 0 Å². The van der Waals surface area contributed by atoms with Gasteiger partial charge in [-0.25, -0.2) is 0 Å². The minimum atomic E-state index is 0. The van der Waals surface area contributed by atoms with Crippen LogP contribution < -0.4 is 15.0 Å². The number of benzene rings is 1. The van der Waals surface area contributed by atoms with Crippen LogP contribution in [0.25, 0.3) is 0 Å². The number of rotatable bonds is 6. The second-order valence-electron chi connectivity index (χ2n) is 8.31. The number of ether oxygens (including phenoxy) is 1. The van der Waals surface area contributed by atoms with Gasteiger partial charge < -0.3 is 29.7 Å². The fourth-order valence-corrected chi connectivity index (χ4v) is 4.10. The Morgan fingerprint density at radius 3 is 2.23 bits per heavy atom. The van der Waals surface area contributed by atoms with E-state index in [1.807, 2.05) is 19.2 Å². The molecule has 2 saturated heterocycles. The van der Waals surface area contributed by atoms with Crippen molar-refractivity contribution in [1.29, 1.82) is 0 Å². The van der Waals surface area contributed by atoms with Crippen molar-refractivity contribution < 1.29 is 4.74 Å². The van der Waals surface area contributed by atoms with E-state index in [2.05, 4.69) is 56.0 Å². The molecule has 1 atom stereocenters. The Labute approximate surface area is 199 Å². The summed E-state index contributed by atoms with van der Waals surface area (Å²) in [5.41, 5.74) is 1.26. The SMILES string of the molecule is CN=C(NCC(C)CN1CCN(C)CC1)N1CCN(c2ccc(OC)cc2)CC1.I. The van der Waals surface area contributed by atoms with Crippen molar-refractivity contribution in [3.63, 3.8) is 0 Å². The van der Waals surface area contributed by atoms with E-state index in [9.17, 15) is 0 Å². The number of nitrogens with one attached hydrogen (secondary N) is 1. The van der Waals surface area contributed by atoms with Gasteiger partial charge in [-0.1, -0.05) is 6.92 Å². The summed E-state index contributed by atoms with van der Waals surface area (Å²) < 4.78 is 5.26. The van der Waals surface area contributed by atoms with E-state index in [1.165, 1.54) is 31.9 Å². The number of guanidine groups is 1. The van der Waals surface area contributed by atoms with Gasteiger partial charge in [-0.2, -0.15) is 0 Å². The lowest BCUT2D eigenvalue weighted by atomic mass is 10.1. The number of hydrogen-bond acceptors (Lipinski definition) is 5. The first-order valence-corrected chi connectivity index (χ1v) is 10.8. The van der Waals surface area contributed by atoms with Crippen LogP contribution in [-0.2, 0) is 0 Å². The minimum absolute atomic E-state index is 0. The summed E-state index contributed by atoms with van der Waals surface area (Å²) >= 11 is 0. The van der Waals surface area contributed by atoms with Crippen LogP contribution in [0.5, 0.6) is 5.75 Å². The molecule has 2 heterocycles. The molecule has 30 heavy (non-hydrogen) atoms. The van der Waals surface area contributed by atoms with Crippen LogP contribution in [0.15, 0.2) is 29.3 Å². The molecular weight excluding hydrogens is 491 g/mol. The van der Waals surface area contributed by atoms with E-state index < -0.39 is 0 Å². The van der Waals surface area contributed by atoms with Crippen LogP contribution in [0.2, 0.25) is 0 Å². The molecule has 2 aliphatic rings. The van der Waals surface area contributed by atoms with Crippen molar-refractivity contribution in [2.45, 2.75) is 6.92 Å². The number of aliphatic imine (C=N–C) groups is 1. The van der Waals surface area contributed by atoms with Crippen molar-refractivity contribution in [2.75, 3.05) is 91.6 Å². The van der Waals surface area contributed by atoms with Gasteiger partial charge in [0.15, 0.2) is 5.96 Å². The summed E-state index contributed by atoms with van der Waals surface area (Å²) in [6.07, 6.45) is 0. The number of hydrogen-bond donors (Lipinski definition) is 1. The smallest absolute Gasteiger partial charge is 0.193 e. The third kappa shape index (κ3) is 7.16. The van der Waals surface area contributed by atoms with Gasteiger partial charge in [0.25, 0.3) is 0 Å². The van der Waals surface area contributed by atoms with Gasteiger partial charge in [0.2, 0.25) is 0 Å². The number of piperazine rings is 2. The summed E-state index contributed by atoms with van der Waals surface area (Å²) in [7, 11) is 5.81. The summed E-state index contributed by atoms with van der Waals surface area (Å²) in [4.78, 5) is 14.3. The van der Waals surface area contributed by atoms with Gasteiger partial charge in [0.05, 0.1) is 7.11 Å². The molecule has 3 rings (SSSR count). The molecule has 1 unspecified atom stereocenters. The molecule has 7 nitrogen and oxygen atoms in total. The predicted octanol–water partition coefficient (Wildman–Crippen LogP) is 1.89. The zero-order valence-corrected chi connectivity index (χ0v) is 21.3. The molecule has 0 aromatic heterocycles. The van der Waals surface area contributed by atoms with Gasteiger partial charge in [-0.05, 0) is 37.2 Å². The average molecular weight is 530 g/mol. The first-order chi connectivity index (χ1) is 14.1. The van der Waals surface area contributed by atoms with Gasteiger partial charge in [0.1, 0.15) is 5.75 Å². The maximum absolute atomic E-state index is 5.26. The van der Waals surface area contributed by atoms with Crippen molar-refractivity contribution in [3.8, 4) is 5.75 Å². The zero-order chi connectivity index (χ0) is 20.6. The van der Waals surface area contributed by atoms with Gasteiger partial charge in [-0.15, -0.1) is 24.0 Å².